The molecular weight excluding hydrogens is 244 g/mol. The number of hydrogen-bond acceptors (Lipinski definition) is 7. The summed E-state index contributed by atoms with van der Waals surface area (Å²) in [5.41, 5.74) is 2.84. The number of nitrogens with one attached hydrogen (secondary N) is 2. The molecule has 4 N–H and O–H groups in total. The molecule has 2 rings (SSSR count). The fourth-order valence-corrected chi connectivity index (χ4v) is 1.86. The van der Waals surface area contributed by atoms with Crippen molar-refractivity contribution in [2.75, 3.05) is 17.3 Å². The fraction of sp³-hybridized carbons (Fsp3) is 0.750. The minimum Gasteiger partial charge on any atom is -0.461 e. The molecule has 0 bridgehead atoms. The highest BCUT2D eigenvalue weighted by molar-refractivity contribution is 5.35. The number of nitrogens with zero attached hydrogens (tertiary/aromatic N) is 3. The van der Waals surface area contributed by atoms with Crippen LogP contribution in [0.5, 0.6) is 6.01 Å². The topological polar surface area (TPSA) is 98.0 Å². The van der Waals surface area contributed by atoms with E-state index < -0.39 is 0 Å². The van der Waals surface area contributed by atoms with E-state index in [4.69, 9.17) is 10.6 Å². The monoisotopic (exact) mass is 266 g/mol. The smallest absolute Gasteiger partial charge is 0.323 e. The van der Waals surface area contributed by atoms with Gasteiger partial charge in [0.2, 0.25) is 11.9 Å². The van der Waals surface area contributed by atoms with Gasteiger partial charge in [-0.3, -0.25) is 5.43 Å². The first-order valence-electron chi connectivity index (χ1n) is 6.70. The Hall–Kier alpha value is -1.63. The molecule has 0 aliphatic heterocycles. The normalized spacial score (nSPS) is 16.3. The van der Waals surface area contributed by atoms with Gasteiger partial charge in [-0.1, -0.05) is 6.92 Å². The Morgan fingerprint density at radius 3 is 2.47 bits per heavy atom. The minimum atomic E-state index is 0.00582. The Kier molecular flexibility index (Phi) is 4.04. The molecule has 1 fully saturated rings. The fourth-order valence-electron chi connectivity index (χ4n) is 1.86. The summed E-state index contributed by atoms with van der Waals surface area (Å²) in [5.74, 6) is 6.15. The number of aromatic nitrogens is 3. The summed E-state index contributed by atoms with van der Waals surface area (Å²) in [6.07, 6.45) is 3.70. The molecule has 106 valence electrons. The van der Waals surface area contributed by atoms with Gasteiger partial charge in [-0.15, -0.1) is 0 Å². The lowest BCUT2D eigenvalue weighted by Crippen LogP contribution is -2.19. The Balaban J connectivity index is 2.06. The largest absolute Gasteiger partial charge is 0.461 e. The average Bonchev–Trinajstić information content (AvgIpc) is 3.16. The summed E-state index contributed by atoms with van der Waals surface area (Å²) < 4.78 is 5.47. The number of anilines is 2. The quantitative estimate of drug-likeness (QED) is 0.508. The van der Waals surface area contributed by atoms with Crippen LogP contribution in [0.4, 0.5) is 11.9 Å². The van der Waals surface area contributed by atoms with Crippen molar-refractivity contribution in [1.82, 2.24) is 15.0 Å². The zero-order valence-electron chi connectivity index (χ0n) is 11.7. The van der Waals surface area contributed by atoms with E-state index in [2.05, 4.69) is 32.6 Å². The van der Waals surface area contributed by atoms with Crippen molar-refractivity contribution in [3.05, 3.63) is 0 Å². The van der Waals surface area contributed by atoms with Crippen LogP contribution in [-0.4, -0.2) is 27.6 Å². The van der Waals surface area contributed by atoms with Gasteiger partial charge in [0.1, 0.15) is 0 Å². The molecule has 0 amide bonds. The molecule has 1 aromatic heterocycles. The Morgan fingerprint density at radius 1 is 1.26 bits per heavy atom. The minimum absolute atomic E-state index is 0.00582. The first kappa shape index (κ1) is 13.8. The van der Waals surface area contributed by atoms with Crippen LogP contribution in [-0.2, 0) is 0 Å². The van der Waals surface area contributed by atoms with E-state index in [-0.39, 0.29) is 12.1 Å². The van der Waals surface area contributed by atoms with E-state index >= 15 is 0 Å². The zero-order chi connectivity index (χ0) is 13.9. The number of hydrogen-bond donors (Lipinski definition) is 3. The average molecular weight is 266 g/mol. The molecule has 0 aromatic carbocycles. The summed E-state index contributed by atoms with van der Waals surface area (Å²) in [4.78, 5) is 12.5. The van der Waals surface area contributed by atoms with Crippen LogP contribution in [0.2, 0.25) is 0 Å². The van der Waals surface area contributed by atoms with Crippen LogP contribution in [0.25, 0.3) is 0 Å². The third kappa shape index (κ3) is 3.66. The van der Waals surface area contributed by atoms with Gasteiger partial charge in [-0.25, -0.2) is 5.84 Å². The second kappa shape index (κ2) is 5.56. The van der Waals surface area contributed by atoms with Gasteiger partial charge in [0.15, 0.2) is 0 Å². The van der Waals surface area contributed by atoms with Crippen LogP contribution in [0.15, 0.2) is 0 Å². The predicted octanol–water partition coefficient (Wildman–Crippen LogP) is 1.55. The molecule has 0 atom stereocenters. The van der Waals surface area contributed by atoms with Crippen molar-refractivity contribution in [2.24, 2.45) is 11.3 Å². The van der Waals surface area contributed by atoms with Gasteiger partial charge in [-0.2, -0.15) is 15.0 Å². The summed E-state index contributed by atoms with van der Waals surface area (Å²) in [7, 11) is 0. The summed E-state index contributed by atoms with van der Waals surface area (Å²) >= 11 is 0. The summed E-state index contributed by atoms with van der Waals surface area (Å²) in [6, 6.07) is 0.279. The molecule has 1 aliphatic carbocycles. The van der Waals surface area contributed by atoms with E-state index in [0.717, 1.165) is 6.54 Å². The maximum Gasteiger partial charge on any atom is 0.323 e. The Bertz CT molecular complexity index is 432. The molecule has 19 heavy (non-hydrogen) atoms. The highest BCUT2D eigenvalue weighted by Gasteiger charge is 2.40. The summed E-state index contributed by atoms with van der Waals surface area (Å²) in [6.45, 7) is 6.92. The third-order valence-electron chi connectivity index (χ3n) is 3.41. The number of nitrogens with two attached hydrogens (primary N) is 1. The van der Waals surface area contributed by atoms with Gasteiger partial charge in [-0.05, 0) is 38.5 Å². The number of hydrazine groups is 1. The maximum atomic E-state index is 5.47. The number of rotatable bonds is 7. The maximum absolute atomic E-state index is 5.47. The SMILES string of the molecule is CCC1(CNc2nc(NN)nc(OC(C)C)n2)CC1. The highest BCUT2D eigenvalue weighted by atomic mass is 16.5. The molecule has 1 aliphatic rings. The van der Waals surface area contributed by atoms with E-state index in [0.29, 0.717) is 17.3 Å². The number of nitrogen functional groups attached to an aromatic ring is 1. The van der Waals surface area contributed by atoms with Gasteiger partial charge in [0, 0.05) is 6.54 Å². The van der Waals surface area contributed by atoms with Crippen molar-refractivity contribution in [1.29, 1.82) is 0 Å². The van der Waals surface area contributed by atoms with Crippen molar-refractivity contribution in [3.63, 3.8) is 0 Å². The van der Waals surface area contributed by atoms with Gasteiger partial charge < -0.3 is 10.1 Å². The molecule has 7 heteroatoms. The van der Waals surface area contributed by atoms with Crippen molar-refractivity contribution in [3.8, 4) is 6.01 Å². The van der Waals surface area contributed by atoms with Gasteiger partial charge >= 0.3 is 6.01 Å². The standard InChI is InChI=1S/C12H22N6O/c1-4-12(5-6-12)7-14-9-15-10(18-13)17-11(16-9)19-8(2)3/h8H,4-7,13H2,1-3H3,(H2,14,15,16,17,18). The van der Waals surface area contributed by atoms with E-state index in [1.54, 1.807) is 0 Å². The number of ether oxygens (including phenoxy) is 1. The summed E-state index contributed by atoms with van der Waals surface area (Å²) in [5, 5.41) is 3.25. The molecule has 0 saturated heterocycles. The van der Waals surface area contributed by atoms with E-state index in [1.165, 1.54) is 19.3 Å². The lowest BCUT2D eigenvalue weighted by Gasteiger charge is -2.14. The molecule has 0 unspecified atom stereocenters. The lowest BCUT2D eigenvalue weighted by molar-refractivity contribution is 0.222. The van der Waals surface area contributed by atoms with Crippen molar-refractivity contribution >= 4 is 11.9 Å². The second-order valence-corrected chi connectivity index (χ2v) is 5.28. The van der Waals surface area contributed by atoms with Crippen LogP contribution >= 0.6 is 0 Å². The first-order chi connectivity index (χ1) is 9.07. The lowest BCUT2D eigenvalue weighted by atomic mass is 10.0. The molecule has 0 spiro atoms. The predicted molar refractivity (Wildman–Crippen MR) is 73.8 cm³/mol. The van der Waals surface area contributed by atoms with Crippen molar-refractivity contribution in [2.45, 2.75) is 46.1 Å². The van der Waals surface area contributed by atoms with Crippen LogP contribution in [0, 0.1) is 5.41 Å². The second-order valence-electron chi connectivity index (χ2n) is 5.28. The molecule has 1 saturated carbocycles. The Labute approximate surface area is 113 Å². The van der Waals surface area contributed by atoms with Gasteiger partial charge in [0.25, 0.3) is 0 Å². The van der Waals surface area contributed by atoms with Crippen LogP contribution in [0.3, 0.4) is 0 Å². The molecule has 0 radical (unpaired) electrons. The van der Waals surface area contributed by atoms with E-state index in [9.17, 15) is 0 Å². The Morgan fingerprint density at radius 2 is 1.95 bits per heavy atom. The zero-order valence-corrected chi connectivity index (χ0v) is 11.7. The molecule has 1 aromatic rings. The van der Waals surface area contributed by atoms with Crippen molar-refractivity contribution < 1.29 is 4.74 Å². The molecular formula is C12H22N6O. The van der Waals surface area contributed by atoms with Gasteiger partial charge in [0.05, 0.1) is 6.10 Å². The third-order valence-corrected chi connectivity index (χ3v) is 3.41. The molecule has 7 nitrogen and oxygen atoms in total. The van der Waals surface area contributed by atoms with Crippen LogP contribution in [0.1, 0.15) is 40.0 Å². The highest BCUT2D eigenvalue weighted by Crippen LogP contribution is 2.48. The molecule has 1 heterocycles. The van der Waals surface area contributed by atoms with E-state index in [1.807, 2.05) is 13.8 Å². The van der Waals surface area contributed by atoms with Crippen LogP contribution < -0.4 is 21.3 Å². The first-order valence-corrected chi connectivity index (χ1v) is 6.70.